The van der Waals surface area contributed by atoms with Crippen LogP contribution in [0, 0.1) is 5.92 Å². The zero-order valence-corrected chi connectivity index (χ0v) is 11.7. The Morgan fingerprint density at radius 3 is 2.58 bits per heavy atom. The highest BCUT2D eigenvalue weighted by molar-refractivity contribution is 5.84. The summed E-state index contributed by atoms with van der Waals surface area (Å²) in [6.45, 7) is 6.01. The Balaban J connectivity index is 2.23. The van der Waals surface area contributed by atoms with E-state index in [1.54, 1.807) is 4.90 Å². The highest BCUT2D eigenvalue weighted by Crippen LogP contribution is 2.10. The van der Waals surface area contributed by atoms with Crippen LogP contribution in [-0.2, 0) is 14.4 Å². The lowest BCUT2D eigenvalue weighted by Gasteiger charge is -2.22. The number of nitrogens with one attached hydrogen (secondary N) is 2. The summed E-state index contributed by atoms with van der Waals surface area (Å²) < 4.78 is 0. The molecule has 2 N–H and O–H groups in total. The van der Waals surface area contributed by atoms with Crippen molar-refractivity contribution in [1.29, 1.82) is 0 Å². The number of nitrogens with zero attached hydrogens (tertiary/aromatic N) is 1. The minimum Gasteiger partial charge on any atom is -0.355 e. The van der Waals surface area contributed by atoms with Crippen LogP contribution in [0.5, 0.6) is 0 Å². The van der Waals surface area contributed by atoms with E-state index in [1.165, 1.54) is 0 Å². The van der Waals surface area contributed by atoms with E-state index in [2.05, 4.69) is 10.6 Å². The molecule has 1 heterocycles. The standard InChI is InChI=1S/C13H23N3O3/c1-3-16(4-2)12(18)7-8-14-13(19)10-5-6-11(17)15-9-10/h10H,3-9H2,1-2H3,(H,14,19)(H,15,17). The Hall–Kier alpha value is -1.59. The van der Waals surface area contributed by atoms with Crippen LogP contribution in [0.1, 0.15) is 33.1 Å². The molecule has 108 valence electrons. The van der Waals surface area contributed by atoms with Gasteiger partial charge >= 0.3 is 0 Å². The maximum atomic E-state index is 11.8. The SMILES string of the molecule is CCN(CC)C(=O)CCNC(=O)C1CCC(=O)NC1. The number of carbonyl (C=O) groups excluding carboxylic acids is 3. The summed E-state index contributed by atoms with van der Waals surface area (Å²) in [7, 11) is 0. The minimum absolute atomic E-state index is 0.000705. The molecule has 0 spiro atoms. The van der Waals surface area contributed by atoms with Gasteiger partial charge in [-0.05, 0) is 20.3 Å². The van der Waals surface area contributed by atoms with Gasteiger partial charge in [0, 0.05) is 39.0 Å². The van der Waals surface area contributed by atoms with Gasteiger partial charge in [0.05, 0.1) is 5.92 Å². The van der Waals surface area contributed by atoms with Gasteiger partial charge in [-0.3, -0.25) is 14.4 Å². The summed E-state index contributed by atoms with van der Waals surface area (Å²) in [5.74, 6) is -0.184. The molecular weight excluding hydrogens is 246 g/mol. The van der Waals surface area contributed by atoms with Gasteiger partial charge in [0.1, 0.15) is 0 Å². The molecule has 6 nitrogen and oxygen atoms in total. The molecule has 1 aliphatic rings. The van der Waals surface area contributed by atoms with Gasteiger partial charge in [-0.15, -0.1) is 0 Å². The van der Waals surface area contributed by atoms with Crippen molar-refractivity contribution in [2.45, 2.75) is 33.1 Å². The van der Waals surface area contributed by atoms with Crippen LogP contribution >= 0.6 is 0 Å². The summed E-state index contributed by atoms with van der Waals surface area (Å²) in [6.07, 6.45) is 1.31. The summed E-state index contributed by atoms with van der Waals surface area (Å²) in [5, 5.41) is 5.44. The van der Waals surface area contributed by atoms with Crippen molar-refractivity contribution in [3.63, 3.8) is 0 Å². The van der Waals surface area contributed by atoms with E-state index in [1.807, 2.05) is 13.8 Å². The molecule has 0 aliphatic carbocycles. The Morgan fingerprint density at radius 1 is 1.37 bits per heavy atom. The normalized spacial score (nSPS) is 18.6. The van der Waals surface area contributed by atoms with E-state index < -0.39 is 0 Å². The van der Waals surface area contributed by atoms with E-state index in [4.69, 9.17) is 0 Å². The molecule has 3 amide bonds. The predicted octanol–water partition coefficient (Wildman–Crippen LogP) is -0.113. The third-order valence-electron chi connectivity index (χ3n) is 3.39. The van der Waals surface area contributed by atoms with Crippen molar-refractivity contribution in [2.75, 3.05) is 26.2 Å². The van der Waals surface area contributed by atoms with Gasteiger partial charge in [0.2, 0.25) is 17.7 Å². The van der Waals surface area contributed by atoms with E-state index in [9.17, 15) is 14.4 Å². The Labute approximate surface area is 113 Å². The lowest BCUT2D eigenvalue weighted by molar-refractivity contribution is -0.131. The van der Waals surface area contributed by atoms with E-state index >= 15 is 0 Å². The lowest BCUT2D eigenvalue weighted by Crippen LogP contribution is -2.43. The molecular formula is C13H23N3O3. The van der Waals surface area contributed by atoms with Crippen molar-refractivity contribution in [2.24, 2.45) is 5.92 Å². The fourth-order valence-electron chi connectivity index (χ4n) is 2.13. The van der Waals surface area contributed by atoms with Crippen LogP contribution < -0.4 is 10.6 Å². The average molecular weight is 269 g/mol. The van der Waals surface area contributed by atoms with Gasteiger partial charge in [-0.25, -0.2) is 0 Å². The molecule has 0 aromatic rings. The van der Waals surface area contributed by atoms with Crippen LogP contribution in [0.4, 0.5) is 0 Å². The molecule has 0 aromatic carbocycles. The maximum absolute atomic E-state index is 11.8. The van der Waals surface area contributed by atoms with Crippen LogP contribution in [0.15, 0.2) is 0 Å². The second kappa shape index (κ2) is 7.76. The number of hydrogen-bond donors (Lipinski definition) is 2. The number of piperidine rings is 1. The first kappa shape index (κ1) is 15.5. The van der Waals surface area contributed by atoms with Crippen LogP contribution in [-0.4, -0.2) is 48.8 Å². The molecule has 1 unspecified atom stereocenters. The van der Waals surface area contributed by atoms with Crippen molar-refractivity contribution >= 4 is 17.7 Å². The summed E-state index contributed by atoms with van der Waals surface area (Å²) >= 11 is 0. The molecule has 0 bridgehead atoms. The van der Waals surface area contributed by atoms with Gasteiger partial charge < -0.3 is 15.5 Å². The largest absolute Gasteiger partial charge is 0.355 e. The van der Waals surface area contributed by atoms with Crippen molar-refractivity contribution in [1.82, 2.24) is 15.5 Å². The van der Waals surface area contributed by atoms with Gasteiger partial charge in [0.15, 0.2) is 0 Å². The Kier molecular flexibility index (Phi) is 6.32. The summed E-state index contributed by atoms with van der Waals surface area (Å²) in [5.41, 5.74) is 0. The van der Waals surface area contributed by atoms with Crippen LogP contribution in [0.25, 0.3) is 0 Å². The lowest BCUT2D eigenvalue weighted by atomic mass is 9.98. The van der Waals surface area contributed by atoms with Gasteiger partial charge in [-0.2, -0.15) is 0 Å². The predicted molar refractivity (Wildman–Crippen MR) is 71.3 cm³/mol. The minimum atomic E-state index is -0.166. The molecule has 1 fully saturated rings. The van der Waals surface area contributed by atoms with Crippen LogP contribution in [0.3, 0.4) is 0 Å². The van der Waals surface area contributed by atoms with Gasteiger partial charge in [-0.1, -0.05) is 0 Å². The number of carbonyl (C=O) groups is 3. The first-order chi connectivity index (χ1) is 9.08. The Bertz CT molecular complexity index is 330. The van der Waals surface area contributed by atoms with Crippen LogP contribution in [0.2, 0.25) is 0 Å². The van der Waals surface area contributed by atoms with Crippen molar-refractivity contribution in [3.05, 3.63) is 0 Å². The summed E-state index contributed by atoms with van der Waals surface area (Å²) in [4.78, 5) is 36.3. The fraction of sp³-hybridized carbons (Fsp3) is 0.769. The highest BCUT2D eigenvalue weighted by atomic mass is 16.2. The second-order valence-corrected chi connectivity index (χ2v) is 4.65. The highest BCUT2D eigenvalue weighted by Gasteiger charge is 2.24. The third-order valence-corrected chi connectivity index (χ3v) is 3.39. The Morgan fingerprint density at radius 2 is 2.05 bits per heavy atom. The molecule has 1 atom stereocenters. The monoisotopic (exact) mass is 269 g/mol. The second-order valence-electron chi connectivity index (χ2n) is 4.65. The smallest absolute Gasteiger partial charge is 0.224 e. The molecule has 1 rings (SSSR count). The zero-order valence-electron chi connectivity index (χ0n) is 11.7. The topological polar surface area (TPSA) is 78.5 Å². The molecule has 0 saturated carbocycles. The van der Waals surface area contributed by atoms with E-state index in [0.717, 1.165) is 0 Å². The van der Waals surface area contributed by atoms with Crippen molar-refractivity contribution < 1.29 is 14.4 Å². The third kappa shape index (κ3) is 4.89. The van der Waals surface area contributed by atoms with Gasteiger partial charge in [0.25, 0.3) is 0 Å². The molecule has 6 heteroatoms. The quantitative estimate of drug-likeness (QED) is 0.706. The molecule has 0 aromatic heterocycles. The molecule has 1 aliphatic heterocycles. The number of amides is 3. The maximum Gasteiger partial charge on any atom is 0.224 e. The number of hydrogen-bond acceptors (Lipinski definition) is 3. The van der Waals surface area contributed by atoms with E-state index in [-0.39, 0.29) is 23.6 Å². The molecule has 19 heavy (non-hydrogen) atoms. The zero-order chi connectivity index (χ0) is 14.3. The summed E-state index contributed by atoms with van der Waals surface area (Å²) in [6, 6.07) is 0. The fourth-order valence-corrected chi connectivity index (χ4v) is 2.13. The van der Waals surface area contributed by atoms with E-state index in [0.29, 0.717) is 45.4 Å². The number of rotatable bonds is 6. The average Bonchev–Trinajstić information content (AvgIpc) is 2.40. The first-order valence-corrected chi connectivity index (χ1v) is 6.90. The molecule has 0 radical (unpaired) electrons. The first-order valence-electron chi connectivity index (χ1n) is 6.90. The molecule has 1 saturated heterocycles. The van der Waals surface area contributed by atoms with Crippen molar-refractivity contribution in [3.8, 4) is 0 Å².